The van der Waals surface area contributed by atoms with E-state index in [-0.39, 0.29) is 23.5 Å². The number of rotatable bonds is 5. The summed E-state index contributed by atoms with van der Waals surface area (Å²) in [6.07, 6.45) is 4.98. The Morgan fingerprint density at radius 1 is 1.30 bits per heavy atom. The fourth-order valence-electron chi connectivity index (χ4n) is 4.37. The Morgan fingerprint density at radius 3 is 2.85 bits per heavy atom. The number of hydrogen-bond donors (Lipinski definition) is 1. The Morgan fingerprint density at radius 2 is 2.11 bits per heavy atom. The van der Waals surface area contributed by atoms with Gasteiger partial charge in [-0.2, -0.15) is 0 Å². The molecule has 27 heavy (non-hydrogen) atoms. The van der Waals surface area contributed by atoms with Gasteiger partial charge in [-0.15, -0.1) is 0 Å². The van der Waals surface area contributed by atoms with Crippen molar-refractivity contribution in [3.63, 3.8) is 0 Å². The molecule has 146 valence electrons. The summed E-state index contributed by atoms with van der Waals surface area (Å²) in [5.74, 6) is 0.0880. The van der Waals surface area contributed by atoms with Crippen molar-refractivity contribution in [2.45, 2.75) is 38.1 Å². The van der Waals surface area contributed by atoms with Crippen molar-refractivity contribution in [2.24, 2.45) is 0 Å². The average molecular weight is 391 g/mol. The van der Waals surface area contributed by atoms with Crippen LogP contribution in [-0.4, -0.2) is 62.0 Å². The molecular weight excluding hydrogens is 364 g/mol. The monoisotopic (exact) mass is 390 g/mol. The van der Waals surface area contributed by atoms with E-state index < -0.39 is 9.84 Å². The zero-order chi connectivity index (χ0) is 19.0. The number of ether oxygens (including phenoxy) is 1. The molecule has 1 unspecified atom stereocenters. The minimum absolute atomic E-state index is 0.0459. The van der Waals surface area contributed by atoms with Crippen LogP contribution >= 0.6 is 0 Å². The normalized spacial score (nSPS) is 21.3. The van der Waals surface area contributed by atoms with E-state index in [1.54, 1.807) is 12.0 Å². The van der Waals surface area contributed by atoms with Crippen LogP contribution in [0.5, 0.6) is 0 Å². The van der Waals surface area contributed by atoms with Crippen LogP contribution in [0.2, 0.25) is 0 Å². The zero-order valence-electron chi connectivity index (χ0n) is 15.7. The van der Waals surface area contributed by atoms with Gasteiger partial charge in [0.25, 0.3) is 5.91 Å². The highest BCUT2D eigenvalue weighted by atomic mass is 32.2. The van der Waals surface area contributed by atoms with Gasteiger partial charge in [0.1, 0.15) is 0 Å². The van der Waals surface area contributed by atoms with Gasteiger partial charge in [-0.1, -0.05) is 0 Å². The van der Waals surface area contributed by atoms with Gasteiger partial charge in [-0.25, -0.2) is 8.42 Å². The third kappa shape index (κ3) is 3.62. The number of fused-ring (bicyclic) bond motifs is 3. The Balaban J connectivity index is 1.66. The van der Waals surface area contributed by atoms with E-state index in [1.165, 1.54) is 24.1 Å². The molecule has 0 spiro atoms. The molecule has 2 heterocycles. The summed E-state index contributed by atoms with van der Waals surface area (Å²) in [6, 6.07) is 5.52. The lowest BCUT2D eigenvalue weighted by molar-refractivity contribution is 0.0624. The van der Waals surface area contributed by atoms with Gasteiger partial charge in [0, 0.05) is 41.9 Å². The molecule has 1 N–H and O–H groups in total. The van der Waals surface area contributed by atoms with Crippen LogP contribution in [0.25, 0.3) is 10.9 Å². The van der Waals surface area contributed by atoms with Gasteiger partial charge >= 0.3 is 0 Å². The molecule has 1 aromatic heterocycles. The lowest BCUT2D eigenvalue weighted by atomic mass is 9.95. The molecule has 2 aliphatic rings. The van der Waals surface area contributed by atoms with Crippen LogP contribution in [0, 0.1) is 0 Å². The second kappa shape index (κ2) is 7.28. The van der Waals surface area contributed by atoms with Gasteiger partial charge in [-0.3, -0.25) is 4.79 Å². The molecule has 2 aromatic rings. The molecule has 1 saturated heterocycles. The third-order valence-electron chi connectivity index (χ3n) is 5.79. The first-order valence-electron chi connectivity index (χ1n) is 9.62. The molecule has 1 amide bonds. The van der Waals surface area contributed by atoms with Gasteiger partial charge in [0.15, 0.2) is 9.84 Å². The Bertz CT molecular complexity index is 964. The van der Waals surface area contributed by atoms with E-state index in [4.69, 9.17) is 4.74 Å². The summed E-state index contributed by atoms with van der Waals surface area (Å²) in [6.45, 7) is 0.795. The number of aromatic amines is 1. The summed E-state index contributed by atoms with van der Waals surface area (Å²) in [4.78, 5) is 18.4. The molecular formula is C20H26N2O4S. The predicted molar refractivity (Wildman–Crippen MR) is 105 cm³/mol. The van der Waals surface area contributed by atoms with Crippen LogP contribution in [-0.2, 0) is 27.4 Å². The topological polar surface area (TPSA) is 79.5 Å². The van der Waals surface area contributed by atoms with Crippen LogP contribution in [0.4, 0.5) is 0 Å². The second-order valence-electron chi connectivity index (χ2n) is 7.60. The Hall–Kier alpha value is -1.86. The lowest BCUT2D eigenvalue weighted by Gasteiger charge is -2.28. The molecule has 0 radical (unpaired) electrons. The van der Waals surface area contributed by atoms with Gasteiger partial charge in [0.05, 0.1) is 18.1 Å². The summed E-state index contributed by atoms with van der Waals surface area (Å²) in [5, 5.41) is 1.13. The number of sulfone groups is 1. The molecule has 1 fully saturated rings. The number of nitrogens with zero attached hydrogens (tertiary/aromatic N) is 1. The first kappa shape index (κ1) is 18.5. The number of carbonyl (C=O) groups excluding carboxylic acids is 1. The molecule has 4 rings (SSSR count). The SMILES string of the molecule is COCCN(C(=O)c1ccc2[nH]c3c(c2c1)CCCC3)C1CCS(=O)(=O)C1. The highest BCUT2D eigenvalue weighted by Crippen LogP contribution is 2.30. The fraction of sp³-hybridized carbons (Fsp3) is 0.550. The fourth-order valence-corrected chi connectivity index (χ4v) is 6.10. The van der Waals surface area contributed by atoms with Crippen LogP contribution in [0.1, 0.15) is 40.9 Å². The van der Waals surface area contributed by atoms with Crippen molar-refractivity contribution >= 4 is 26.6 Å². The van der Waals surface area contributed by atoms with Crippen molar-refractivity contribution in [3.8, 4) is 0 Å². The van der Waals surface area contributed by atoms with Gasteiger partial charge in [0.2, 0.25) is 0 Å². The first-order valence-corrected chi connectivity index (χ1v) is 11.4. The van der Waals surface area contributed by atoms with Crippen LogP contribution in [0.15, 0.2) is 18.2 Å². The average Bonchev–Trinajstić information content (AvgIpc) is 3.21. The van der Waals surface area contributed by atoms with Crippen LogP contribution < -0.4 is 0 Å². The molecule has 1 atom stereocenters. The maximum atomic E-state index is 13.2. The highest BCUT2D eigenvalue weighted by Gasteiger charge is 2.35. The quantitative estimate of drug-likeness (QED) is 0.850. The first-order chi connectivity index (χ1) is 13.0. The number of H-pyrrole nitrogens is 1. The molecule has 6 nitrogen and oxygen atoms in total. The number of aromatic nitrogens is 1. The Labute approximate surface area is 159 Å². The van der Waals surface area contributed by atoms with E-state index >= 15 is 0 Å². The van der Waals surface area contributed by atoms with E-state index in [0.717, 1.165) is 23.7 Å². The maximum absolute atomic E-state index is 13.2. The van der Waals surface area contributed by atoms with Gasteiger partial charge < -0.3 is 14.6 Å². The molecule has 1 aromatic carbocycles. The summed E-state index contributed by atoms with van der Waals surface area (Å²) in [7, 11) is -1.47. The molecule has 0 bridgehead atoms. The van der Waals surface area contributed by atoms with Gasteiger partial charge in [-0.05, 0) is 55.9 Å². The zero-order valence-corrected chi connectivity index (χ0v) is 16.5. The van der Waals surface area contributed by atoms with E-state index in [9.17, 15) is 13.2 Å². The predicted octanol–water partition coefficient (Wildman–Crippen LogP) is 2.32. The minimum Gasteiger partial charge on any atom is -0.383 e. The standard InChI is InChI=1S/C20H26N2O4S/c1-26-10-9-22(15-8-11-27(24,25)13-15)20(23)14-6-7-19-17(12-14)16-4-2-3-5-18(16)21-19/h6-7,12,15,21H,2-5,8-11,13H2,1H3. The molecule has 1 aliphatic carbocycles. The van der Waals surface area contributed by atoms with E-state index in [1.807, 2.05) is 18.2 Å². The largest absolute Gasteiger partial charge is 0.383 e. The van der Waals surface area contributed by atoms with E-state index in [2.05, 4.69) is 4.98 Å². The van der Waals surface area contributed by atoms with Crippen LogP contribution in [0.3, 0.4) is 0 Å². The minimum atomic E-state index is -3.06. The molecule has 0 saturated carbocycles. The highest BCUT2D eigenvalue weighted by molar-refractivity contribution is 7.91. The van der Waals surface area contributed by atoms with Crippen molar-refractivity contribution < 1.29 is 17.9 Å². The number of benzene rings is 1. The van der Waals surface area contributed by atoms with Crippen molar-refractivity contribution in [1.82, 2.24) is 9.88 Å². The van der Waals surface area contributed by atoms with Crippen molar-refractivity contribution in [2.75, 3.05) is 31.8 Å². The number of nitrogens with one attached hydrogen (secondary N) is 1. The number of hydrogen-bond acceptors (Lipinski definition) is 4. The summed E-state index contributed by atoms with van der Waals surface area (Å²) < 4.78 is 29.0. The Kier molecular flexibility index (Phi) is 4.99. The number of carbonyl (C=O) groups is 1. The maximum Gasteiger partial charge on any atom is 0.254 e. The summed E-state index contributed by atoms with van der Waals surface area (Å²) in [5.41, 5.74) is 4.32. The number of aryl methyl sites for hydroxylation is 2. The summed E-state index contributed by atoms with van der Waals surface area (Å²) >= 11 is 0. The second-order valence-corrected chi connectivity index (χ2v) is 9.83. The van der Waals surface area contributed by atoms with Crippen molar-refractivity contribution in [1.29, 1.82) is 0 Å². The number of methoxy groups -OCH3 is 1. The third-order valence-corrected chi connectivity index (χ3v) is 7.54. The van der Waals surface area contributed by atoms with E-state index in [0.29, 0.717) is 25.1 Å². The molecule has 7 heteroatoms. The van der Waals surface area contributed by atoms with Crippen molar-refractivity contribution in [3.05, 3.63) is 35.0 Å². The lowest BCUT2D eigenvalue weighted by Crippen LogP contribution is -2.43. The number of amides is 1. The molecule has 1 aliphatic heterocycles. The smallest absolute Gasteiger partial charge is 0.254 e.